The number of fused-ring (bicyclic) bond motifs is 1. The zero-order valence-corrected chi connectivity index (χ0v) is 57.0. The highest BCUT2D eigenvalue weighted by atomic mass is 19.1. The minimum Gasteiger partial charge on any atom is -0.497 e. The van der Waals surface area contributed by atoms with Gasteiger partial charge in [-0.05, 0) is 117 Å². The molecular weight excluding hydrogens is 1320 g/mol. The Morgan fingerprint density at radius 2 is 1.26 bits per heavy atom. The first-order valence-corrected chi connectivity index (χ1v) is 32.9. The molecule has 0 radical (unpaired) electrons. The fourth-order valence-electron chi connectivity index (χ4n) is 11.8. The summed E-state index contributed by atoms with van der Waals surface area (Å²) >= 11 is 0. The van der Waals surface area contributed by atoms with Crippen molar-refractivity contribution in [2.45, 2.75) is 165 Å². The number of primary amides is 1. The number of aliphatic carboxylic acids is 1. The molecule has 10 atom stereocenters. The Balaban J connectivity index is 1.12. The lowest BCUT2D eigenvalue weighted by molar-refractivity contribution is -0.144. The summed E-state index contributed by atoms with van der Waals surface area (Å²) in [5.41, 5.74) is 12.5. The first kappa shape index (κ1) is 79.5. The van der Waals surface area contributed by atoms with Crippen LogP contribution < -0.4 is 64.1 Å². The number of aliphatic hydroxyl groups is 3. The van der Waals surface area contributed by atoms with Gasteiger partial charge >= 0.3 is 5.97 Å². The van der Waals surface area contributed by atoms with Gasteiger partial charge in [0.1, 0.15) is 58.9 Å². The molecule has 0 aromatic heterocycles. The van der Waals surface area contributed by atoms with Gasteiger partial charge in [0.2, 0.25) is 70.9 Å². The molecule has 2 aliphatic heterocycles. The van der Waals surface area contributed by atoms with Crippen molar-refractivity contribution in [2.75, 3.05) is 39.9 Å². The fraction of sp³-hybridized carbons (Fsp3) is 0.464. The molecule has 0 unspecified atom stereocenters. The normalized spacial score (nSPS) is 16.9. The summed E-state index contributed by atoms with van der Waals surface area (Å²) in [5.74, 6) is -13.3. The van der Waals surface area contributed by atoms with Gasteiger partial charge in [-0.1, -0.05) is 79.7 Å². The number of carboxylic acid groups (broad SMARTS) is 1. The Kier molecular flexibility index (Phi) is 28.8. The topological polar surface area (TPSA) is 479 Å². The number of rotatable bonds is 36. The van der Waals surface area contributed by atoms with E-state index in [0.717, 1.165) is 54.7 Å². The molecule has 31 nitrogen and oxygen atoms in total. The predicted octanol–water partition coefficient (Wildman–Crippen LogP) is -2.37. The molecule has 32 heteroatoms. The van der Waals surface area contributed by atoms with Crippen molar-refractivity contribution in [1.82, 2.24) is 57.7 Å². The Bertz CT molecular complexity index is 3680. The molecule has 0 bridgehead atoms. The SMILES string of the molecule is CCc1cc(OC)ccc1-c1ccc(C[C@H](NC(=O)CNC(=O)[C@H](CO)NC(=O)[C@@H](NC(=O)[C@](C)(Cc2ccccc2F)NC(=O)[C@@H](NC(=O)CNC(=O)[C@H](CCC(=O)O)NC(=O)[C@]2(C)CCCN2C(=O)CN)[C@@H](C)O)[C@@H](C)O)C(=O)N[C@@H](CCC(=O)N2Cc3ccccc3C2)C(N)=O)cc1. The van der Waals surface area contributed by atoms with Crippen molar-refractivity contribution in [3.05, 3.63) is 125 Å². The number of aryl methyl sites for hydroxylation is 1. The van der Waals surface area contributed by atoms with Gasteiger partial charge < -0.3 is 94.3 Å². The van der Waals surface area contributed by atoms with E-state index in [1.54, 1.807) is 24.1 Å². The Labute approximate surface area is 582 Å². The van der Waals surface area contributed by atoms with Gasteiger partial charge in [-0.25, -0.2) is 4.39 Å². The number of hydrogen-bond acceptors (Lipinski definition) is 18. The first-order chi connectivity index (χ1) is 47.8. The van der Waals surface area contributed by atoms with E-state index in [1.807, 2.05) is 61.5 Å². The molecule has 101 heavy (non-hydrogen) atoms. The molecule has 1 saturated heterocycles. The quantitative estimate of drug-likeness (QED) is 0.0226. The summed E-state index contributed by atoms with van der Waals surface area (Å²) < 4.78 is 20.8. The standard InChI is InChI=1S/C69H90FN13O18/c1-7-41-30-46(101-6)21-22-47(41)42-19-17-40(18-20-42)29-51(63(96)76-49(60(72)93)23-25-55(89)82-35-44-14-8-9-15-45(44)36-82)75-53(87)33-74-62(95)52(37-84)77-64(97)58(38(2)85)80-66(99)68(4,31-43-13-10-11-16-48(43)70)81-65(98)59(39(3)86)79-54(88)34-73-61(94)50(24-26-57(91)92)78-67(100)69(5)27-12-28-83(69)56(90)32-71/h8-11,13-22,30,38-39,49-52,58-59,84-86H,7,12,23-29,31-37,71H2,1-6H3,(H2,72,93)(H,73,94)(H,74,95)(H,75,87)(H,76,96)(H,77,97)(H,78,100)(H,79,88)(H,80,99)(H,81,98)(H,91,92)/t38-,39-,49+,50+,51+,52+,58+,59+,68+,69+/m1/s1. The predicted molar refractivity (Wildman–Crippen MR) is 361 cm³/mol. The van der Waals surface area contributed by atoms with Crippen LogP contribution in [-0.4, -0.2) is 207 Å². The summed E-state index contributed by atoms with van der Waals surface area (Å²) in [6.45, 7) is 4.15. The van der Waals surface area contributed by atoms with E-state index in [2.05, 4.69) is 47.9 Å². The molecular formula is C69H90FN13O18. The lowest BCUT2D eigenvalue weighted by atomic mass is 9.90. The Morgan fingerprint density at radius 3 is 1.83 bits per heavy atom. The molecule has 12 amide bonds. The Hall–Kier alpha value is -10.4. The number of likely N-dealkylation sites (tertiary alicyclic amines) is 1. The molecule has 0 saturated carbocycles. The largest absolute Gasteiger partial charge is 0.497 e. The maximum Gasteiger partial charge on any atom is 0.303 e. The molecule has 6 rings (SSSR count). The van der Waals surface area contributed by atoms with Gasteiger partial charge in [0, 0.05) is 45.3 Å². The molecule has 1 fully saturated rings. The van der Waals surface area contributed by atoms with E-state index in [1.165, 1.54) is 30.0 Å². The van der Waals surface area contributed by atoms with E-state index in [4.69, 9.17) is 16.2 Å². The minimum atomic E-state index is -2.36. The summed E-state index contributed by atoms with van der Waals surface area (Å²) in [5, 5.41) is 62.7. The fourth-order valence-corrected chi connectivity index (χ4v) is 11.8. The van der Waals surface area contributed by atoms with E-state index >= 15 is 4.39 Å². The van der Waals surface area contributed by atoms with Crippen LogP contribution in [0.15, 0.2) is 91.0 Å². The van der Waals surface area contributed by atoms with Gasteiger partial charge in [-0.2, -0.15) is 0 Å². The number of nitrogens with one attached hydrogen (secondary N) is 9. The monoisotopic (exact) mass is 1410 g/mol. The number of nitrogens with two attached hydrogens (primary N) is 2. The number of ether oxygens (including phenoxy) is 1. The van der Waals surface area contributed by atoms with Crippen LogP contribution in [0, 0.1) is 5.82 Å². The number of benzene rings is 4. The van der Waals surface area contributed by atoms with Crippen LogP contribution in [0.5, 0.6) is 5.75 Å². The smallest absolute Gasteiger partial charge is 0.303 e. The zero-order valence-electron chi connectivity index (χ0n) is 57.0. The van der Waals surface area contributed by atoms with Gasteiger partial charge in [0.25, 0.3) is 0 Å². The van der Waals surface area contributed by atoms with Crippen molar-refractivity contribution < 1.29 is 91.9 Å². The van der Waals surface area contributed by atoms with E-state index in [-0.39, 0.29) is 43.7 Å². The van der Waals surface area contributed by atoms with Gasteiger partial charge in [0.15, 0.2) is 0 Å². The van der Waals surface area contributed by atoms with Crippen LogP contribution in [0.3, 0.4) is 0 Å². The molecule has 546 valence electrons. The third kappa shape index (κ3) is 21.8. The number of methoxy groups -OCH3 is 1. The van der Waals surface area contributed by atoms with Gasteiger partial charge in [-0.15, -0.1) is 0 Å². The maximum atomic E-state index is 15.4. The molecule has 0 spiro atoms. The highest BCUT2D eigenvalue weighted by molar-refractivity contribution is 6.00. The van der Waals surface area contributed by atoms with Crippen molar-refractivity contribution in [2.24, 2.45) is 11.5 Å². The minimum absolute atomic E-state index is 0.170. The molecule has 2 aliphatic rings. The van der Waals surface area contributed by atoms with Crippen LogP contribution in [0.25, 0.3) is 11.1 Å². The molecule has 17 N–H and O–H groups in total. The average molecular weight is 1410 g/mol. The van der Waals surface area contributed by atoms with Gasteiger partial charge in [-0.3, -0.25) is 62.3 Å². The molecule has 0 aliphatic carbocycles. The summed E-state index contributed by atoms with van der Waals surface area (Å²) in [4.78, 5) is 178. The van der Waals surface area contributed by atoms with Crippen LogP contribution >= 0.6 is 0 Å². The second kappa shape index (κ2) is 36.6. The number of nitrogens with zero attached hydrogens (tertiary/aromatic N) is 2. The average Bonchev–Trinajstić information content (AvgIpc) is 1.79. The Morgan fingerprint density at radius 1 is 0.673 bits per heavy atom. The number of hydrogen-bond donors (Lipinski definition) is 15. The van der Waals surface area contributed by atoms with Crippen molar-refractivity contribution in [3.63, 3.8) is 0 Å². The van der Waals surface area contributed by atoms with E-state index in [0.29, 0.717) is 37.2 Å². The maximum absolute atomic E-state index is 15.4. The van der Waals surface area contributed by atoms with E-state index in [9.17, 15) is 82.8 Å². The number of carbonyl (C=O) groups is 13. The lowest BCUT2D eigenvalue weighted by Gasteiger charge is -2.35. The third-order valence-corrected chi connectivity index (χ3v) is 17.6. The number of halogens is 1. The van der Waals surface area contributed by atoms with Gasteiger partial charge in [0.05, 0.1) is 45.6 Å². The summed E-state index contributed by atoms with van der Waals surface area (Å²) in [6, 6.07) is 15.0. The van der Waals surface area contributed by atoms with Crippen molar-refractivity contribution in [3.8, 4) is 16.9 Å². The zero-order chi connectivity index (χ0) is 74.5. The molecule has 4 aromatic carbocycles. The molecule has 2 heterocycles. The second-order valence-electron chi connectivity index (χ2n) is 25.3. The van der Waals surface area contributed by atoms with Crippen LogP contribution in [0.4, 0.5) is 4.39 Å². The van der Waals surface area contributed by atoms with Crippen LogP contribution in [-0.2, 0) is 94.7 Å². The van der Waals surface area contributed by atoms with Crippen molar-refractivity contribution in [1.29, 1.82) is 0 Å². The highest BCUT2D eigenvalue weighted by Gasteiger charge is 2.47. The van der Waals surface area contributed by atoms with E-state index < -0.39 is 182 Å². The molecule has 4 aromatic rings. The lowest BCUT2D eigenvalue weighted by Crippen LogP contribution is -2.67. The third-order valence-electron chi connectivity index (χ3n) is 17.6. The number of aliphatic hydroxyl groups excluding tert-OH is 3. The first-order valence-electron chi connectivity index (χ1n) is 32.9. The van der Waals surface area contributed by atoms with Crippen LogP contribution in [0.1, 0.15) is 101 Å². The summed E-state index contributed by atoms with van der Waals surface area (Å²) in [6.07, 6.45) is -4.63. The summed E-state index contributed by atoms with van der Waals surface area (Å²) in [7, 11) is 1.56. The number of amides is 12. The van der Waals surface area contributed by atoms with Crippen molar-refractivity contribution >= 4 is 76.9 Å². The number of carbonyl (C=O) groups excluding carboxylic acids is 12. The number of carboxylic acids is 1. The highest BCUT2D eigenvalue weighted by Crippen LogP contribution is 2.31. The van der Waals surface area contributed by atoms with Crippen LogP contribution in [0.2, 0.25) is 0 Å². The second-order valence-corrected chi connectivity index (χ2v) is 25.3.